The first kappa shape index (κ1) is 14.5. The molecule has 0 saturated carbocycles. The van der Waals surface area contributed by atoms with Gasteiger partial charge in [-0.3, -0.25) is 4.79 Å². The van der Waals surface area contributed by atoms with E-state index in [1.807, 2.05) is 49.4 Å². The Bertz CT molecular complexity index is 596. The number of rotatable bonds is 3. The van der Waals surface area contributed by atoms with Gasteiger partial charge in [0, 0.05) is 14.6 Å². The predicted molar refractivity (Wildman–Crippen MR) is 89.2 cm³/mol. The van der Waals surface area contributed by atoms with Gasteiger partial charge in [0.25, 0.3) is 5.91 Å². The van der Waals surface area contributed by atoms with Gasteiger partial charge < -0.3 is 5.32 Å². The summed E-state index contributed by atoms with van der Waals surface area (Å²) in [6.45, 7) is 2.59. The number of carbonyl (C=O) groups excluding carboxylic acids is 1. The molecular weight excluding hydrogens is 417 g/mol. The topological polar surface area (TPSA) is 29.1 Å². The number of benzene rings is 2. The van der Waals surface area contributed by atoms with Crippen molar-refractivity contribution >= 4 is 44.4 Å². The monoisotopic (exact) mass is 429 g/mol. The molecule has 1 N–H and O–H groups in total. The number of carbonyl (C=O) groups is 1. The van der Waals surface area contributed by atoms with Crippen LogP contribution in [-0.4, -0.2) is 5.91 Å². The Morgan fingerprint density at radius 2 is 1.89 bits per heavy atom. The Morgan fingerprint density at radius 3 is 2.58 bits per heavy atom. The van der Waals surface area contributed by atoms with Crippen LogP contribution >= 0.6 is 38.5 Å². The Labute approximate surface area is 134 Å². The van der Waals surface area contributed by atoms with E-state index >= 15 is 0 Å². The second-order valence-electron chi connectivity index (χ2n) is 4.29. The molecule has 2 nitrogen and oxygen atoms in total. The van der Waals surface area contributed by atoms with E-state index in [9.17, 15) is 4.79 Å². The molecule has 0 heterocycles. The van der Waals surface area contributed by atoms with Crippen molar-refractivity contribution in [3.63, 3.8) is 0 Å². The summed E-state index contributed by atoms with van der Waals surface area (Å²) >= 11 is 5.60. The van der Waals surface area contributed by atoms with Crippen LogP contribution in [0.4, 0.5) is 0 Å². The summed E-state index contributed by atoms with van der Waals surface area (Å²) in [7, 11) is 0. The molecule has 19 heavy (non-hydrogen) atoms. The Hall–Kier alpha value is -0.880. The molecule has 0 fully saturated rings. The van der Waals surface area contributed by atoms with Crippen LogP contribution in [0.15, 0.2) is 46.9 Å². The normalized spacial score (nSPS) is 10.3. The molecule has 0 aliphatic rings. The first-order valence-corrected chi connectivity index (χ1v) is 7.72. The van der Waals surface area contributed by atoms with Crippen molar-refractivity contribution in [2.24, 2.45) is 0 Å². The summed E-state index contributed by atoms with van der Waals surface area (Å²) in [5.41, 5.74) is 2.98. The summed E-state index contributed by atoms with van der Waals surface area (Å²) in [6.07, 6.45) is 0. The maximum absolute atomic E-state index is 12.1. The molecule has 2 aromatic carbocycles. The SMILES string of the molecule is Cc1ccc(CNC(=O)c2cc(I)ccc2Br)cc1. The van der Waals surface area contributed by atoms with Crippen LogP contribution in [0, 0.1) is 10.5 Å². The lowest BCUT2D eigenvalue weighted by molar-refractivity contribution is 0.0950. The number of aryl methyl sites for hydroxylation is 1. The van der Waals surface area contributed by atoms with Crippen LogP contribution in [-0.2, 0) is 6.54 Å². The second-order valence-corrected chi connectivity index (χ2v) is 6.39. The van der Waals surface area contributed by atoms with E-state index in [1.54, 1.807) is 0 Å². The molecular formula is C15H13BrINO. The zero-order valence-electron chi connectivity index (χ0n) is 10.4. The maximum Gasteiger partial charge on any atom is 0.252 e. The van der Waals surface area contributed by atoms with Crippen molar-refractivity contribution in [3.05, 3.63) is 67.2 Å². The van der Waals surface area contributed by atoms with Gasteiger partial charge in [-0.1, -0.05) is 29.8 Å². The van der Waals surface area contributed by atoms with Crippen LogP contribution in [0.2, 0.25) is 0 Å². The maximum atomic E-state index is 12.1. The zero-order valence-corrected chi connectivity index (χ0v) is 14.2. The summed E-state index contributed by atoms with van der Waals surface area (Å²) < 4.78 is 1.86. The molecule has 0 spiro atoms. The summed E-state index contributed by atoms with van der Waals surface area (Å²) in [4.78, 5) is 12.1. The molecule has 0 unspecified atom stereocenters. The highest BCUT2D eigenvalue weighted by Gasteiger charge is 2.10. The predicted octanol–water partition coefficient (Wildman–Crippen LogP) is 4.29. The van der Waals surface area contributed by atoms with Crippen LogP contribution in [0.25, 0.3) is 0 Å². The lowest BCUT2D eigenvalue weighted by atomic mass is 10.1. The summed E-state index contributed by atoms with van der Waals surface area (Å²) in [5.74, 6) is -0.0639. The van der Waals surface area contributed by atoms with Crippen LogP contribution in [0.1, 0.15) is 21.5 Å². The third kappa shape index (κ3) is 4.04. The van der Waals surface area contributed by atoms with Gasteiger partial charge in [0.1, 0.15) is 0 Å². The fourth-order valence-corrected chi connectivity index (χ4v) is 2.57. The Kier molecular flexibility index (Phi) is 4.99. The van der Waals surface area contributed by atoms with Crippen molar-refractivity contribution in [3.8, 4) is 0 Å². The Morgan fingerprint density at radius 1 is 1.21 bits per heavy atom. The van der Waals surface area contributed by atoms with E-state index in [1.165, 1.54) is 5.56 Å². The molecule has 0 aromatic heterocycles. The molecule has 2 rings (SSSR count). The standard InChI is InChI=1S/C15H13BrINO/c1-10-2-4-11(5-3-10)9-18-15(19)13-8-12(17)6-7-14(13)16/h2-8H,9H2,1H3,(H,18,19). The third-order valence-corrected chi connectivity index (χ3v) is 4.11. The number of hydrogen-bond donors (Lipinski definition) is 1. The van der Waals surface area contributed by atoms with Crippen molar-refractivity contribution in [1.82, 2.24) is 5.32 Å². The van der Waals surface area contributed by atoms with E-state index in [0.29, 0.717) is 12.1 Å². The molecule has 0 saturated heterocycles. The van der Waals surface area contributed by atoms with Crippen LogP contribution in [0.5, 0.6) is 0 Å². The van der Waals surface area contributed by atoms with E-state index in [2.05, 4.69) is 43.8 Å². The smallest absolute Gasteiger partial charge is 0.252 e. The average molecular weight is 430 g/mol. The highest BCUT2D eigenvalue weighted by molar-refractivity contribution is 14.1. The highest BCUT2D eigenvalue weighted by atomic mass is 127. The van der Waals surface area contributed by atoms with Gasteiger partial charge in [-0.05, 0) is 69.2 Å². The fraction of sp³-hybridized carbons (Fsp3) is 0.133. The minimum absolute atomic E-state index is 0.0639. The second kappa shape index (κ2) is 6.52. The molecule has 1 amide bonds. The number of hydrogen-bond acceptors (Lipinski definition) is 1. The first-order chi connectivity index (χ1) is 9.06. The van der Waals surface area contributed by atoms with Gasteiger partial charge in [0.15, 0.2) is 0 Å². The molecule has 0 aliphatic carbocycles. The lowest BCUT2D eigenvalue weighted by Crippen LogP contribution is -2.23. The van der Waals surface area contributed by atoms with Crippen molar-refractivity contribution in [2.45, 2.75) is 13.5 Å². The quantitative estimate of drug-likeness (QED) is 0.724. The van der Waals surface area contributed by atoms with Gasteiger partial charge in [0.2, 0.25) is 0 Å². The Balaban J connectivity index is 2.05. The van der Waals surface area contributed by atoms with Crippen molar-refractivity contribution < 1.29 is 4.79 Å². The van der Waals surface area contributed by atoms with Gasteiger partial charge >= 0.3 is 0 Å². The van der Waals surface area contributed by atoms with Crippen LogP contribution in [0.3, 0.4) is 0 Å². The van der Waals surface area contributed by atoms with E-state index in [4.69, 9.17) is 0 Å². The zero-order chi connectivity index (χ0) is 13.8. The molecule has 98 valence electrons. The lowest BCUT2D eigenvalue weighted by Gasteiger charge is -2.08. The molecule has 0 bridgehead atoms. The molecule has 4 heteroatoms. The average Bonchev–Trinajstić information content (AvgIpc) is 2.40. The van der Waals surface area contributed by atoms with Crippen molar-refractivity contribution in [2.75, 3.05) is 0 Å². The minimum Gasteiger partial charge on any atom is -0.348 e. The van der Waals surface area contributed by atoms with Gasteiger partial charge in [0.05, 0.1) is 5.56 Å². The number of halogens is 2. The van der Waals surface area contributed by atoms with E-state index in [-0.39, 0.29) is 5.91 Å². The van der Waals surface area contributed by atoms with Gasteiger partial charge in [-0.2, -0.15) is 0 Å². The van der Waals surface area contributed by atoms with E-state index in [0.717, 1.165) is 13.6 Å². The number of amides is 1. The number of nitrogens with one attached hydrogen (secondary N) is 1. The molecule has 0 radical (unpaired) electrons. The summed E-state index contributed by atoms with van der Waals surface area (Å²) in [6, 6.07) is 13.9. The molecule has 2 aromatic rings. The van der Waals surface area contributed by atoms with Crippen LogP contribution < -0.4 is 5.32 Å². The fourth-order valence-electron chi connectivity index (χ4n) is 1.65. The van der Waals surface area contributed by atoms with Crippen molar-refractivity contribution in [1.29, 1.82) is 0 Å². The molecule has 0 atom stereocenters. The third-order valence-electron chi connectivity index (χ3n) is 2.75. The highest BCUT2D eigenvalue weighted by Crippen LogP contribution is 2.19. The first-order valence-electron chi connectivity index (χ1n) is 5.85. The molecule has 0 aliphatic heterocycles. The largest absolute Gasteiger partial charge is 0.348 e. The summed E-state index contributed by atoms with van der Waals surface area (Å²) in [5, 5.41) is 2.93. The van der Waals surface area contributed by atoms with Gasteiger partial charge in [-0.25, -0.2) is 0 Å². The van der Waals surface area contributed by atoms with E-state index < -0.39 is 0 Å². The minimum atomic E-state index is -0.0639. The van der Waals surface area contributed by atoms with Gasteiger partial charge in [-0.15, -0.1) is 0 Å².